The van der Waals surface area contributed by atoms with Gasteiger partial charge in [-0.1, -0.05) is 42.5 Å². The van der Waals surface area contributed by atoms with E-state index in [1.807, 2.05) is 30.3 Å². The van der Waals surface area contributed by atoms with Gasteiger partial charge >= 0.3 is 12.0 Å². The number of urea groups is 1. The van der Waals surface area contributed by atoms with Gasteiger partial charge in [-0.2, -0.15) is 5.01 Å². The molecule has 0 aromatic heterocycles. The summed E-state index contributed by atoms with van der Waals surface area (Å²) in [6.07, 6.45) is 0.0925. The van der Waals surface area contributed by atoms with Crippen LogP contribution in [-0.2, 0) is 31.2 Å². The number of hydrogen-bond donors (Lipinski definition) is 2. The van der Waals surface area contributed by atoms with Crippen LogP contribution in [0.15, 0.2) is 54.6 Å². The van der Waals surface area contributed by atoms with Crippen LogP contribution < -0.4 is 15.5 Å². The molecule has 1 saturated heterocycles. The quantitative estimate of drug-likeness (QED) is 0.401. The fourth-order valence-corrected chi connectivity index (χ4v) is 3.63. The first-order valence-corrected chi connectivity index (χ1v) is 10.7. The molecule has 34 heavy (non-hydrogen) atoms. The third kappa shape index (κ3) is 5.70. The Bertz CT molecular complexity index is 1040. The maximum atomic E-state index is 13.1. The highest BCUT2D eigenvalue weighted by Crippen LogP contribution is 2.29. The third-order valence-corrected chi connectivity index (χ3v) is 5.57. The molecule has 0 saturated carbocycles. The second-order valence-electron chi connectivity index (χ2n) is 7.98. The molecule has 180 valence electrons. The lowest BCUT2D eigenvalue weighted by Gasteiger charge is -2.24. The number of ether oxygens (including phenoxy) is 2. The highest BCUT2D eigenvalue weighted by molar-refractivity contribution is 6.08. The van der Waals surface area contributed by atoms with Gasteiger partial charge in [0.15, 0.2) is 0 Å². The molecule has 2 N–H and O–H groups in total. The predicted octanol–water partition coefficient (Wildman–Crippen LogP) is 1.56. The minimum atomic E-state index is -1.34. The maximum Gasteiger partial charge on any atom is 0.344 e. The second-order valence-corrected chi connectivity index (χ2v) is 7.98. The van der Waals surface area contributed by atoms with Crippen LogP contribution in [-0.4, -0.2) is 61.0 Å². The number of methoxy groups -OCH3 is 2. The highest BCUT2D eigenvalue weighted by atomic mass is 16.5. The second kappa shape index (κ2) is 10.8. The summed E-state index contributed by atoms with van der Waals surface area (Å²) in [7, 11) is 2.83. The molecular formula is C24H28N4O6. The van der Waals surface area contributed by atoms with E-state index in [9.17, 15) is 19.2 Å². The molecule has 10 nitrogen and oxygen atoms in total. The topological polar surface area (TPSA) is 117 Å². The van der Waals surface area contributed by atoms with Gasteiger partial charge in [-0.05, 0) is 30.2 Å². The van der Waals surface area contributed by atoms with E-state index in [0.717, 1.165) is 5.56 Å². The standard InChI is InChI=1S/C24H28N4O6/c1-24(18-9-11-19(33-2)12-10-18)22(31)28(23(32)25-24)26-20(29)16-27(14-13-21(30)34-3)15-17-7-5-4-6-8-17/h4-12H,13-16H2,1-3H3,(H,25,32)(H,26,29). The van der Waals surface area contributed by atoms with Crippen LogP contribution in [0.25, 0.3) is 0 Å². The summed E-state index contributed by atoms with van der Waals surface area (Å²) in [5.41, 5.74) is 2.55. The van der Waals surface area contributed by atoms with Gasteiger partial charge < -0.3 is 14.8 Å². The van der Waals surface area contributed by atoms with Crippen molar-refractivity contribution in [1.29, 1.82) is 0 Å². The van der Waals surface area contributed by atoms with Crippen molar-refractivity contribution in [2.45, 2.75) is 25.4 Å². The van der Waals surface area contributed by atoms with E-state index >= 15 is 0 Å². The summed E-state index contributed by atoms with van der Waals surface area (Å²) in [6.45, 7) is 2.09. The van der Waals surface area contributed by atoms with Gasteiger partial charge in [0.1, 0.15) is 11.3 Å². The zero-order chi connectivity index (χ0) is 24.7. The van der Waals surface area contributed by atoms with Crippen molar-refractivity contribution in [2.75, 3.05) is 27.3 Å². The summed E-state index contributed by atoms with van der Waals surface area (Å²) < 4.78 is 9.83. The molecule has 0 bridgehead atoms. The van der Waals surface area contributed by atoms with Crippen molar-refractivity contribution < 1.29 is 28.7 Å². The molecule has 0 radical (unpaired) electrons. The summed E-state index contributed by atoms with van der Waals surface area (Å²) in [4.78, 5) is 51.7. The van der Waals surface area contributed by atoms with Gasteiger partial charge in [0.25, 0.3) is 11.8 Å². The van der Waals surface area contributed by atoms with Crippen molar-refractivity contribution in [3.63, 3.8) is 0 Å². The van der Waals surface area contributed by atoms with Gasteiger partial charge in [0.05, 0.1) is 27.2 Å². The molecule has 1 fully saturated rings. The lowest BCUT2D eigenvalue weighted by molar-refractivity contribution is -0.141. The molecular weight excluding hydrogens is 440 g/mol. The zero-order valence-corrected chi connectivity index (χ0v) is 19.4. The van der Waals surface area contributed by atoms with Gasteiger partial charge in [-0.15, -0.1) is 0 Å². The summed E-state index contributed by atoms with van der Waals surface area (Å²) in [5, 5.41) is 3.33. The van der Waals surface area contributed by atoms with Crippen molar-refractivity contribution >= 4 is 23.8 Å². The van der Waals surface area contributed by atoms with E-state index in [1.54, 1.807) is 36.1 Å². The Morgan fingerprint density at radius 3 is 2.35 bits per heavy atom. The van der Waals surface area contributed by atoms with Gasteiger partial charge in [-0.25, -0.2) is 4.79 Å². The summed E-state index contributed by atoms with van der Waals surface area (Å²) >= 11 is 0. The molecule has 1 atom stereocenters. The normalized spacial score (nSPS) is 17.5. The number of imide groups is 1. The number of nitrogens with one attached hydrogen (secondary N) is 2. The van der Waals surface area contributed by atoms with Gasteiger partial charge in [0.2, 0.25) is 0 Å². The van der Waals surface area contributed by atoms with E-state index in [0.29, 0.717) is 22.9 Å². The number of rotatable bonds is 10. The Hall–Kier alpha value is -3.92. The molecule has 1 aliphatic rings. The largest absolute Gasteiger partial charge is 0.497 e. The van der Waals surface area contributed by atoms with Crippen LogP contribution in [0.4, 0.5) is 4.79 Å². The molecule has 4 amide bonds. The Kier molecular flexibility index (Phi) is 7.85. The minimum absolute atomic E-state index is 0.0925. The molecule has 0 aliphatic carbocycles. The number of carbonyl (C=O) groups excluding carboxylic acids is 4. The summed E-state index contributed by atoms with van der Waals surface area (Å²) in [6, 6.07) is 15.4. The first kappa shape index (κ1) is 24.7. The highest BCUT2D eigenvalue weighted by Gasteiger charge is 2.50. The van der Waals surface area contributed by atoms with Crippen LogP contribution in [0.2, 0.25) is 0 Å². The first-order valence-electron chi connectivity index (χ1n) is 10.7. The van der Waals surface area contributed by atoms with Crippen LogP contribution in [0.3, 0.4) is 0 Å². The van der Waals surface area contributed by atoms with Crippen molar-refractivity contribution in [3.05, 3.63) is 65.7 Å². The van der Waals surface area contributed by atoms with Crippen LogP contribution in [0.5, 0.6) is 5.75 Å². The number of amides is 4. The Balaban J connectivity index is 1.68. The first-order chi connectivity index (χ1) is 16.3. The van der Waals surface area contributed by atoms with Crippen molar-refractivity contribution in [1.82, 2.24) is 20.7 Å². The fraction of sp³-hybridized carbons (Fsp3) is 0.333. The molecule has 1 heterocycles. The number of benzene rings is 2. The molecule has 3 rings (SSSR count). The van der Waals surface area contributed by atoms with Crippen LogP contribution in [0.1, 0.15) is 24.5 Å². The monoisotopic (exact) mass is 468 g/mol. The van der Waals surface area contributed by atoms with Gasteiger partial charge in [0, 0.05) is 13.1 Å². The fourth-order valence-electron chi connectivity index (χ4n) is 3.63. The molecule has 10 heteroatoms. The number of esters is 1. The minimum Gasteiger partial charge on any atom is -0.497 e. The SMILES string of the molecule is COC(=O)CCN(CC(=O)NN1C(=O)NC(C)(c2ccc(OC)cc2)C1=O)Cc1ccccc1. The van der Waals surface area contributed by atoms with Crippen molar-refractivity contribution in [2.24, 2.45) is 0 Å². The van der Waals surface area contributed by atoms with Gasteiger partial charge in [-0.3, -0.25) is 24.7 Å². The predicted molar refractivity (Wildman–Crippen MR) is 122 cm³/mol. The molecule has 2 aromatic carbocycles. The lowest BCUT2D eigenvalue weighted by atomic mass is 9.92. The van der Waals surface area contributed by atoms with E-state index in [-0.39, 0.29) is 19.5 Å². The van der Waals surface area contributed by atoms with E-state index in [4.69, 9.17) is 9.47 Å². The number of nitrogens with zero attached hydrogens (tertiary/aromatic N) is 2. The van der Waals surface area contributed by atoms with Crippen LogP contribution >= 0.6 is 0 Å². The van der Waals surface area contributed by atoms with E-state index < -0.39 is 29.4 Å². The third-order valence-electron chi connectivity index (χ3n) is 5.57. The summed E-state index contributed by atoms with van der Waals surface area (Å²) in [5.74, 6) is -0.967. The average molecular weight is 469 g/mol. The average Bonchev–Trinajstić information content (AvgIpc) is 3.06. The van der Waals surface area contributed by atoms with E-state index in [1.165, 1.54) is 14.2 Å². The Morgan fingerprint density at radius 1 is 1.06 bits per heavy atom. The zero-order valence-electron chi connectivity index (χ0n) is 19.4. The smallest absolute Gasteiger partial charge is 0.344 e. The molecule has 0 spiro atoms. The molecule has 2 aromatic rings. The van der Waals surface area contributed by atoms with Crippen molar-refractivity contribution in [3.8, 4) is 5.75 Å². The number of hydrogen-bond acceptors (Lipinski definition) is 7. The number of carbonyl (C=O) groups is 4. The Morgan fingerprint density at radius 2 is 1.74 bits per heavy atom. The lowest BCUT2D eigenvalue weighted by Crippen LogP contribution is -2.50. The molecule has 1 unspecified atom stereocenters. The van der Waals surface area contributed by atoms with E-state index in [2.05, 4.69) is 10.7 Å². The number of hydrazine groups is 1. The maximum absolute atomic E-state index is 13.1. The molecule has 1 aliphatic heterocycles. The Labute approximate surface area is 197 Å². The van der Waals surface area contributed by atoms with Crippen LogP contribution in [0, 0.1) is 0 Å².